The number of hydrogen-bond acceptors (Lipinski definition) is 5. The Morgan fingerprint density at radius 3 is 2.56 bits per heavy atom. The van der Waals surface area contributed by atoms with Crippen LogP contribution in [0.15, 0.2) is 18.3 Å². The molecule has 0 bridgehead atoms. The highest BCUT2D eigenvalue weighted by Crippen LogP contribution is 2.10. The van der Waals surface area contributed by atoms with Gasteiger partial charge in [-0.25, -0.2) is 8.42 Å². The zero-order valence-electron chi connectivity index (χ0n) is 9.55. The third-order valence-corrected chi connectivity index (χ3v) is 3.18. The van der Waals surface area contributed by atoms with E-state index in [1.165, 1.54) is 6.26 Å². The standard InChI is InChI=1S/C10H17N3O2S/c1-13(5-6-16(2,14)15)10-4-3-9(7-11)12-8-10/h3-4,8H,5-7,11H2,1-2H3. The van der Waals surface area contributed by atoms with Crippen molar-refractivity contribution in [3.05, 3.63) is 24.0 Å². The molecule has 1 aromatic heterocycles. The summed E-state index contributed by atoms with van der Waals surface area (Å²) in [6.07, 6.45) is 2.93. The van der Waals surface area contributed by atoms with Crippen molar-refractivity contribution in [2.45, 2.75) is 6.54 Å². The highest BCUT2D eigenvalue weighted by Gasteiger charge is 2.06. The minimum Gasteiger partial charge on any atom is -0.372 e. The topological polar surface area (TPSA) is 76.3 Å². The molecule has 1 heterocycles. The molecule has 0 aliphatic carbocycles. The molecule has 0 amide bonds. The lowest BCUT2D eigenvalue weighted by Gasteiger charge is -2.18. The minimum atomic E-state index is -2.92. The number of nitrogens with two attached hydrogens (primary N) is 1. The monoisotopic (exact) mass is 243 g/mol. The Morgan fingerprint density at radius 2 is 2.12 bits per heavy atom. The zero-order chi connectivity index (χ0) is 12.2. The lowest BCUT2D eigenvalue weighted by atomic mass is 10.3. The van der Waals surface area contributed by atoms with E-state index in [9.17, 15) is 8.42 Å². The summed E-state index contributed by atoms with van der Waals surface area (Å²) in [5, 5.41) is 0. The second kappa shape index (κ2) is 5.27. The Hall–Kier alpha value is -1.14. The molecule has 16 heavy (non-hydrogen) atoms. The van der Waals surface area contributed by atoms with Crippen LogP contribution < -0.4 is 10.6 Å². The molecule has 5 nitrogen and oxygen atoms in total. The Bertz CT molecular complexity index is 428. The fourth-order valence-electron chi connectivity index (χ4n) is 1.20. The first-order chi connectivity index (χ1) is 7.42. The van der Waals surface area contributed by atoms with Gasteiger partial charge in [0.25, 0.3) is 0 Å². The molecule has 0 saturated carbocycles. The van der Waals surface area contributed by atoms with Crippen LogP contribution in [0.5, 0.6) is 0 Å². The summed E-state index contributed by atoms with van der Waals surface area (Å²) < 4.78 is 22.0. The van der Waals surface area contributed by atoms with Gasteiger partial charge in [-0.2, -0.15) is 0 Å². The van der Waals surface area contributed by atoms with Gasteiger partial charge in [0.05, 0.1) is 23.3 Å². The van der Waals surface area contributed by atoms with Crippen molar-refractivity contribution in [1.82, 2.24) is 4.98 Å². The van der Waals surface area contributed by atoms with Crippen LogP contribution in [0.25, 0.3) is 0 Å². The Labute approximate surface area is 96.2 Å². The van der Waals surface area contributed by atoms with E-state index in [1.54, 1.807) is 6.20 Å². The van der Waals surface area contributed by atoms with Gasteiger partial charge in [-0.1, -0.05) is 0 Å². The number of hydrogen-bond donors (Lipinski definition) is 1. The van der Waals surface area contributed by atoms with Gasteiger partial charge in [-0.3, -0.25) is 4.98 Å². The fourth-order valence-corrected chi connectivity index (χ4v) is 1.80. The first-order valence-corrected chi connectivity index (χ1v) is 7.02. The molecule has 0 saturated heterocycles. The Kier molecular flexibility index (Phi) is 4.26. The number of anilines is 1. The summed E-state index contributed by atoms with van der Waals surface area (Å²) >= 11 is 0. The predicted molar refractivity (Wildman–Crippen MR) is 65.1 cm³/mol. The van der Waals surface area contributed by atoms with Gasteiger partial charge in [-0.05, 0) is 12.1 Å². The lowest BCUT2D eigenvalue weighted by molar-refractivity contribution is 0.601. The van der Waals surface area contributed by atoms with Gasteiger partial charge in [0, 0.05) is 26.4 Å². The number of sulfone groups is 1. The van der Waals surface area contributed by atoms with Crippen LogP contribution in [0.2, 0.25) is 0 Å². The molecule has 0 spiro atoms. The SMILES string of the molecule is CN(CCS(C)(=O)=O)c1ccc(CN)nc1. The number of nitrogens with zero attached hydrogens (tertiary/aromatic N) is 2. The predicted octanol–water partition coefficient (Wildman–Crippen LogP) is 0.0211. The highest BCUT2D eigenvalue weighted by atomic mass is 32.2. The summed E-state index contributed by atoms with van der Waals surface area (Å²) in [5.41, 5.74) is 7.15. The molecular formula is C10H17N3O2S. The van der Waals surface area contributed by atoms with Crippen molar-refractivity contribution in [3.63, 3.8) is 0 Å². The quantitative estimate of drug-likeness (QED) is 0.789. The molecule has 90 valence electrons. The molecule has 0 aliphatic rings. The van der Waals surface area contributed by atoms with E-state index in [2.05, 4.69) is 4.98 Å². The average Bonchev–Trinajstić information content (AvgIpc) is 2.25. The summed E-state index contributed by atoms with van der Waals surface area (Å²) in [5.74, 6) is 0.141. The molecule has 1 rings (SSSR count). The Morgan fingerprint density at radius 1 is 1.44 bits per heavy atom. The summed E-state index contributed by atoms with van der Waals surface area (Å²) in [6.45, 7) is 0.871. The third-order valence-electron chi connectivity index (χ3n) is 2.26. The van der Waals surface area contributed by atoms with Crippen LogP contribution >= 0.6 is 0 Å². The highest BCUT2D eigenvalue weighted by molar-refractivity contribution is 7.90. The van der Waals surface area contributed by atoms with Crippen LogP contribution in [-0.4, -0.2) is 39.0 Å². The lowest BCUT2D eigenvalue weighted by Crippen LogP contribution is -2.25. The summed E-state index contributed by atoms with van der Waals surface area (Å²) in [4.78, 5) is 6.00. The second-order valence-corrected chi connectivity index (χ2v) is 6.02. The van der Waals surface area contributed by atoms with Crippen LogP contribution in [0.4, 0.5) is 5.69 Å². The van der Waals surface area contributed by atoms with E-state index in [1.807, 2.05) is 24.1 Å². The molecule has 6 heteroatoms. The minimum absolute atomic E-state index is 0.141. The smallest absolute Gasteiger partial charge is 0.149 e. The molecule has 0 radical (unpaired) electrons. The van der Waals surface area contributed by atoms with E-state index >= 15 is 0 Å². The molecule has 0 aromatic carbocycles. The normalized spacial score (nSPS) is 11.4. The van der Waals surface area contributed by atoms with Gasteiger partial charge in [0.2, 0.25) is 0 Å². The Balaban J connectivity index is 2.62. The summed E-state index contributed by atoms with van der Waals surface area (Å²) in [7, 11) is -1.08. The van der Waals surface area contributed by atoms with Crippen molar-refractivity contribution in [3.8, 4) is 0 Å². The van der Waals surface area contributed by atoms with E-state index in [0.29, 0.717) is 13.1 Å². The number of aromatic nitrogens is 1. The maximum atomic E-state index is 11.0. The number of rotatable bonds is 5. The first-order valence-electron chi connectivity index (χ1n) is 4.96. The van der Waals surface area contributed by atoms with E-state index in [-0.39, 0.29) is 5.75 Å². The molecule has 0 atom stereocenters. The van der Waals surface area contributed by atoms with Crippen molar-refractivity contribution >= 4 is 15.5 Å². The van der Waals surface area contributed by atoms with Crippen molar-refractivity contribution < 1.29 is 8.42 Å². The van der Waals surface area contributed by atoms with Crippen molar-refractivity contribution in [2.75, 3.05) is 30.5 Å². The average molecular weight is 243 g/mol. The molecule has 0 aliphatic heterocycles. The van der Waals surface area contributed by atoms with Gasteiger partial charge < -0.3 is 10.6 Å². The molecule has 0 unspecified atom stereocenters. The van der Waals surface area contributed by atoms with Crippen LogP contribution in [0, 0.1) is 0 Å². The van der Waals surface area contributed by atoms with Crippen molar-refractivity contribution in [2.24, 2.45) is 5.73 Å². The molecule has 1 aromatic rings. The van der Waals surface area contributed by atoms with Gasteiger partial charge in [-0.15, -0.1) is 0 Å². The van der Waals surface area contributed by atoms with Crippen molar-refractivity contribution in [1.29, 1.82) is 0 Å². The van der Waals surface area contributed by atoms with E-state index < -0.39 is 9.84 Å². The fraction of sp³-hybridized carbons (Fsp3) is 0.500. The molecule has 0 fully saturated rings. The van der Waals surface area contributed by atoms with Gasteiger partial charge >= 0.3 is 0 Å². The van der Waals surface area contributed by atoms with E-state index in [4.69, 9.17) is 5.73 Å². The first kappa shape index (κ1) is 12.9. The molecular weight excluding hydrogens is 226 g/mol. The third kappa shape index (κ3) is 4.16. The largest absolute Gasteiger partial charge is 0.372 e. The number of pyridine rings is 1. The van der Waals surface area contributed by atoms with Crippen LogP contribution in [0.1, 0.15) is 5.69 Å². The van der Waals surface area contributed by atoms with Gasteiger partial charge in [0.15, 0.2) is 0 Å². The second-order valence-electron chi connectivity index (χ2n) is 3.76. The maximum Gasteiger partial charge on any atom is 0.149 e. The van der Waals surface area contributed by atoms with Crippen LogP contribution in [-0.2, 0) is 16.4 Å². The summed E-state index contributed by atoms with van der Waals surface area (Å²) in [6, 6.07) is 3.73. The van der Waals surface area contributed by atoms with Gasteiger partial charge in [0.1, 0.15) is 9.84 Å². The van der Waals surface area contributed by atoms with E-state index in [0.717, 1.165) is 11.4 Å². The maximum absolute atomic E-state index is 11.0. The van der Waals surface area contributed by atoms with Crippen LogP contribution in [0.3, 0.4) is 0 Å². The zero-order valence-corrected chi connectivity index (χ0v) is 10.4. The molecule has 2 N–H and O–H groups in total.